The largest absolute Gasteiger partial charge is 0.470 e. The fraction of sp³-hybridized carbons (Fsp3) is 0.158. The molecule has 1 N–H and O–H groups in total. The van der Waals surface area contributed by atoms with E-state index in [1.165, 1.54) is 22.9 Å². The average Bonchev–Trinajstić information content (AvgIpc) is 3.13. The second-order valence-electron chi connectivity index (χ2n) is 6.09. The van der Waals surface area contributed by atoms with Gasteiger partial charge in [0, 0.05) is 24.0 Å². The van der Waals surface area contributed by atoms with Gasteiger partial charge < -0.3 is 10.1 Å². The lowest BCUT2D eigenvalue weighted by atomic mass is 10.1. The molecule has 0 saturated heterocycles. The van der Waals surface area contributed by atoms with Gasteiger partial charge in [-0.15, -0.1) is 0 Å². The Hall–Kier alpha value is -3.39. The number of nitrogens with one attached hydrogen (secondary N) is 1. The molecule has 0 aliphatic carbocycles. The van der Waals surface area contributed by atoms with Crippen molar-refractivity contribution in [1.82, 2.24) is 9.78 Å². The van der Waals surface area contributed by atoms with E-state index in [4.69, 9.17) is 16.3 Å². The zero-order chi connectivity index (χ0) is 20.3. The van der Waals surface area contributed by atoms with Gasteiger partial charge in [0.2, 0.25) is 0 Å². The fourth-order valence-electron chi connectivity index (χ4n) is 2.48. The number of hydrogen-bond donors (Lipinski definition) is 1. The van der Waals surface area contributed by atoms with Crippen molar-refractivity contribution < 1.29 is 14.5 Å². The Morgan fingerprint density at radius 2 is 2.07 bits per heavy atom. The highest BCUT2D eigenvalue weighted by molar-refractivity contribution is 6.32. The highest BCUT2D eigenvalue weighted by Gasteiger charge is 2.13. The number of halogens is 1. The van der Waals surface area contributed by atoms with Gasteiger partial charge in [-0.3, -0.25) is 14.9 Å². The predicted octanol–water partition coefficient (Wildman–Crippen LogP) is 4.35. The van der Waals surface area contributed by atoms with E-state index in [0.717, 1.165) is 16.8 Å². The Balaban J connectivity index is 1.65. The van der Waals surface area contributed by atoms with Crippen molar-refractivity contribution in [3.8, 4) is 5.75 Å². The Morgan fingerprint density at radius 1 is 1.29 bits per heavy atom. The lowest BCUT2D eigenvalue weighted by Crippen LogP contribution is -2.15. The molecule has 0 atom stereocenters. The van der Waals surface area contributed by atoms with Gasteiger partial charge in [-0.1, -0.05) is 23.7 Å². The Kier molecular flexibility index (Phi) is 5.60. The average molecular weight is 401 g/mol. The highest BCUT2D eigenvalue weighted by Crippen LogP contribution is 2.28. The van der Waals surface area contributed by atoms with Crippen LogP contribution < -0.4 is 10.1 Å². The van der Waals surface area contributed by atoms with Crippen molar-refractivity contribution in [1.29, 1.82) is 0 Å². The molecule has 0 bridgehead atoms. The first kappa shape index (κ1) is 19.4. The number of carbonyl (C=O) groups excluding carboxylic acids is 1. The minimum absolute atomic E-state index is 0.00567. The number of amides is 1. The quantitative estimate of drug-likeness (QED) is 0.489. The summed E-state index contributed by atoms with van der Waals surface area (Å²) in [6, 6.07) is 11.2. The Bertz CT molecular complexity index is 1050. The molecular formula is C19H17ClN4O4. The van der Waals surface area contributed by atoms with Gasteiger partial charge in [0.1, 0.15) is 5.75 Å². The number of hydrogen-bond acceptors (Lipinski definition) is 5. The van der Waals surface area contributed by atoms with Crippen molar-refractivity contribution in [3.63, 3.8) is 0 Å². The molecule has 0 unspecified atom stereocenters. The van der Waals surface area contributed by atoms with Gasteiger partial charge in [0.05, 0.1) is 9.95 Å². The maximum atomic E-state index is 12.4. The molecule has 0 fully saturated rings. The van der Waals surface area contributed by atoms with Crippen LogP contribution in [-0.2, 0) is 6.73 Å². The molecule has 144 valence electrons. The molecule has 0 radical (unpaired) electrons. The number of nitrogens with zero attached hydrogens (tertiary/aromatic N) is 3. The predicted molar refractivity (Wildman–Crippen MR) is 105 cm³/mol. The van der Waals surface area contributed by atoms with Crippen LogP contribution in [0.3, 0.4) is 0 Å². The van der Waals surface area contributed by atoms with Crippen molar-refractivity contribution in [3.05, 3.63) is 80.6 Å². The van der Waals surface area contributed by atoms with E-state index >= 15 is 0 Å². The van der Waals surface area contributed by atoms with Crippen LogP contribution in [-0.4, -0.2) is 20.6 Å². The van der Waals surface area contributed by atoms with E-state index in [1.807, 2.05) is 32.0 Å². The maximum Gasteiger partial charge on any atom is 0.276 e. The smallest absolute Gasteiger partial charge is 0.276 e. The molecule has 8 nitrogen and oxygen atoms in total. The summed E-state index contributed by atoms with van der Waals surface area (Å²) in [5.74, 6) is -0.0510. The first-order valence-electron chi connectivity index (χ1n) is 8.33. The first-order chi connectivity index (χ1) is 13.3. The fourth-order valence-corrected chi connectivity index (χ4v) is 2.71. The normalized spacial score (nSPS) is 10.5. The van der Waals surface area contributed by atoms with Crippen molar-refractivity contribution in [2.24, 2.45) is 0 Å². The van der Waals surface area contributed by atoms with Crippen molar-refractivity contribution in [2.45, 2.75) is 20.6 Å². The number of non-ortho nitro benzene ring substituents is 1. The number of aromatic nitrogens is 2. The zero-order valence-corrected chi connectivity index (χ0v) is 15.9. The van der Waals surface area contributed by atoms with Gasteiger partial charge in [-0.25, -0.2) is 4.68 Å². The van der Waals surface area contributed by atoms with E-state index in [1.54, 1.807) is 12.3 Å². The van der Waals surface area contributed by atoms with Crippen LogP contribution in [0.15, 0.2) is 48.7 Å². The van der Waals surface area contributed by atoms with Crippen LogP contribution in [0, 0.1) is 24.0 Å². The van der Waals surface area contributed by atoms with Gasteiger partial charge >= 0.3 is 0 Å². The number of anilines is 1. The molecule has 1 aromatic heterocycles. The number of ether oxygens (including phenoxy) is 1. The van der Waals surface area contributed by atoms with Gasteiger partial charge in [0.15, 0.2) is 12.4 Å². The molecular weight excluding hydrogens is 384 g/mol. The SMILES string of the molecule is Cc1cccc(NC(=O)c2ccn(COc3ccc([N+](=O)[O-])cc3Cl)n2)c1C. The second-order valence-corrected chi connectivity index (χ2v) is 6.49. The summed E-state index contributed by atoms with van der Waals surface area (Å²) in [6.07, 6.45) is 1.59. The third kappa shape index (κ3) is 4.29. The van der Waals surface area contributed by atoms with E-state index in [2.05, 4.69) is 10.4 Å². The van der Waals surface area contributed by atoms with Crippen molar-refractivity contribution in [2.75, 3.05) is 5.32 Å². The van der Waals surface area contributed by atoms with Gasteiger partial charge in [-0.2, -0.15) is 5.10 Å². The minimum atomic E-state index is -0.538. The molecule has 1 heterocycles. The second kappa shape index (κ2) is 8.10. The lowest BCUT2D eigenvalue weighted by molar-refractivity contribution is -0.384. The third-order valence-electron chi connectivity index (χ3n) is 4.20. The number of benzene rings is 2. The van der Waals surface area contributed by atoms with Gasteiger partial charge in [-0.05, 0) is 43.2 Å². The monoisotopic (exact) mass is 400 g/mol. The van der Waals surface area contributed by atoms with Crippen LogP contribution in [0.4, 0.5) is 11.4 Å². The van der Waals surface area contributed by atoms with Crippen LogP contribution >= 0.6 is 11.6 Å². The van der Waals surface area contributed by atoms with Crippen molar-refractivity contribution >= 4 is 28.9 Å². The summed E-state index contributed by atoms with van der Waals surface area (Å²) < 4.78 is 6.94. The molecule has 3 rings (SSSR count). The summed E-state index contributed by atoms with van der Waals surface area (Å²) in [4.78, 5) is 22.6. The minimum Gasteiger partial charge on any atom is -0.470 e. The van der Waals surface area contributed by atoms with Crippen LogP contribution in [0.25, 0.3) is 0 Å². The molecule has 1 amide bonds. The molecule has 3 aromatic rings. The highest BCUT2D eigenvalue weighted by atomic mass is 35.5. The first-order valence-corrected chi connectivity index (χ1v) is 8.70. The topological polar surface area (TPSA) is 99.3 Å². The molecule has 28 heavy (non-hydrogen) atoms. The third-order valence-corrected chi connectivity index (χ3v) is 4.50. The van der Waals surface area contributed by atoms with E-state index in [9.17, 15) is 14.9 Å². The molecule has 2 aromatic carbocycles. The molecule has 0 aliphatic rings. The van der Waals surface area contributed by atoms with Crippen LogP contribution in [0.2, 0.25) is 5.02 Å². The number of rotatable bonds is 6. The number of nitro groups is 1. The molecule has 0 saturated carbocycles. The summed E-state index contributed by atoms with van der Waals surface area (Å²) in [7, 11) is 0. The van der Waals surface area contributed by atoms with E-state index in [-0.39, 0.29) is 34.8 Å². The standard InChI is InChI=1S/C19H17ClN4O4/c1-12-4-3-5-16(13(12)2)21-19(25)17-8-9-23(22-17)11-28-18-7-6-14(24(26)27)10-15(18)20/h3-10H,11H2,1-2H3,(H,21,25). The summed E-state index contributed by atoms with van der Waals surface area (Å²) in [6.45, 7) is 3.90. The molecule has 9 heteroatoms. The van der Waals surface area contributed by atoms with E-state index in [0.29, 0.717) is 0 Å². The van der Waals surface area contributed by atoms with Crippen LogP contribution in [0.1, 0.15) is 21.6 Å². The van der Waals surface area contributed by atoms with E-state index < -0.39 is 4.92 Å². The Morgan fingerprint density at radius 3 is 2.79 bits per heavy atom. The lowest BCUT2D eigenvalue weighted by Gasteiger charge is -2.09. The van der Waals surface area contributed by atoms with Gasteiger partial charge in [0.25, 0.3) is 11.6 Å². The molecule has 0 aliphatic heterocycles. The molecule has 0 spiro atoms. The summed E-state index contributed by atoms with van der Waals surface area (Å²) in [5.41, 5.74) is 2.91. The number of carbonyl (C=O) groups is 1. The zero-order valence-electron chi connectivity index (χ0n) is 15.2. The summed E-state index contributed by atoms with van der Waals surface area (Å²) >= 11 is 5.99. The summed E-state index contributed by atoms with van der Waals surface area (Å²) in [5, 5.41) is 17.9. The Labute approximate surface area is 165 Å². The van der Waals surface area contributed by atoms with Crippen LogP contribution in [0.5, 0.6) is 5.75 Å². The number of aryl methyl sites for hydroxylation is 1. The number of nitro benzene ring substituents is 1. The maximum absolute atomic E-state index is 12.4.